The lowest BCUT2D eigenvalue weighted by Gasteiger charge is -2.45. The van der Waals surface area contributed by atoms with Gasteiger partial charge in [0, 0.05) is 11.3 Å². The van der Waals surface area contributed by atoms with Crippen molar-refractivity contribution in [3.05, 3.63) is 29.8 Å². The smallest absolute Gasteiger partial charge is 0.328 e. The zero-order valence-electron chi connectivity index (χ0n) is 14.3. The number of rotatable bonds is 4. The Morgan fingerprint density at radius 1 is 1.36 bits per heavy atom. The Bertz CT molecular complexity index is 604. The van der Waals surface area contributed by atoms with Crippen LogP contribution >= 0.6 is 0 Å². The number of allylic oxidation sites excluding steroid dienone is 1. The summed E-state index contributed by atoms with van der Waals surface area (Å²) in [5.74, 6) is 0.611. The van der Waals surface area contributed by atoms with Gasteiger partial charge in [-0.1, -0.05) is 6.08 Å². The molecule has 22 heavy (non-hydrogen) atoms. The van der Waals surface area contributed by atoms with E-state index in [1.807, 2.05) is 32.0 Å². The van der Waals surface area contributed by atoms with Gasteiger partial charge in [-0.15, -0.1) is 0 Å². The molecule has 0 radical (unpaired) electrons. The Balaban J connectivity index is 2.54. The van der Waals surface area contributed by atoms with Crippen molar-refractivity contribution in [2.45, 2.75) is 46.2 Å². The number of ether oxygens (including phenoxy) is 2. The quantitative estimate of drug-likeness (QED) is 0.796. The van der Waals surface area contributed by atoms with E-state index in [1.54, 1.807) is 0 Å². The van der Waals surface area contributed by atoms with Crippen LogP contribution < -0.4 is 9.64 Å². The van der Waals surface area contributed by atoms with Gasteiger partial charge in [0.05, 0.1) is 19.3 Å². The predicted molar refractivity (Wildman–Crippen MR) is 89.3 cm³/mol. The van der Waals surface area contributed by atoms with Gasteiger partial charge in [-0.3, -0.25) is 0 Å². The van der Waals surface area contributed by atoms with Gasteiger partial charge < -0.3 is 14.4 Å². The molecule has 1 aromatic carbocycles. The molecule has 0 unspecified atom stereocenters. The first-order chi connectivity index (χ1) is 10.3. The van der Waals surface area contributed by atoms with Crippen LogP contribution in [-0.4, -0.2) is 31.3 Å². The maximum Gasteiger partial charge on any atom is 0.328 e. The monoisotopic (exact) mass is 303 g/mol. The van der Waals surface area contributed by atoms with Crippen molar-refractivity contribution in [1.29, 1.82) is 0 Å². The highest BCUT2D eigenvalue weighted by Crippen LogP contribution is 2.41. The van der Waals surface area contributed by atoms with Gasteiger partial charge in [-0.25, -0.2) is 4.79 Å². The van der Waals surface area contributed by atoms with Gasteiger partial charge in [0.1, 0.15) is 11.8 Å². The number of esters is 1. The highest BCUT2D eigenvalue weighted by atomic mass is 16.5. The molecule has 120 valence electrons. The summed E-state index contributed by atoms with van der Waals surface area (Å²) in [6.45, 7) is 10.8. The van der Waals surface area contributed by atoms with Crippen LogP contribution in [0.4, 0.5) is 5.69 Å². The molecular formula is C18H25NO3. The molecule has 0 saturated heterocycles. The van der Waals surface area contributed by atoms with Crippen LogP contribution in [0.15, 0.2) is 24.3 Å². The minimum atomic E-state index is -0.360. The van der Waals surface area contributed by atoms with Crippen LogP contribution in [0.5, 0.6) is 5.75 Å². The molecule has 0 aromatic heterocycles. The number of carbonyl (C=O) groups is 1. The van der Waals surface area contributed by atoms with E-state index in [2.05, 4.69) is 31.7 Å². The number of nitrogens with zero attached hydrogens (tertiary/aromatic N) is 1. The van der Waals surface area contributed by atoms with Gasteiger partial charge in [0.25, 0.3) is 0 Å². The highest BCUT2D eigenvalue weighted by molar-refractivity contribution is 5.87. The Hall–Kier alpha value is -1.97. The first kappa shape index (κ1) is 16.4. The van der Waals surface area contributed by atoms with Crippen molar-refractivity contribution in [2.75, 3.05) is 18.6 Å². The average molecular weight is 303 g/mol. The van der Waals surface area contributed by atoms with Crippen LogP contribution in [0, 0.1) is 0 Å². The molecule has 0 fully saturated rings. The normalized spacial score (nSPS) is 17.4. The molecular weight excluding hydrogens is 278 g/mol. The molecule has 0 amide bonds. The van der Waals surface area contributed by atoms with Crippen molar-refractivity contribution in [1.82, 2.24) is 0 Å². The lowest BCUT2D eigenvalue weighted by Crippen LogP contribution is -2.53. The molecule has 1 aliphatic rings. The van der Waals surface area contributed by atoms with Crippen molar-refractivity contribution in [2.24, 2.45) is 0 Å². The average Bonchev–Trinajstić information content (AvgIpc) is 2.46. The molecule has 1 aliphatic heterocycles. The van der Waals surface area contributed by atoms with Crippen LogP contribution in [0.25, 0.3) is 5.57 Å². The van der Waals surface area contributed by atoms with E-state index in [9.17, 15) is 4.79 Å². The van der Waals surface area contributed by atoms with E-state index in [-0.39, 0.29) is 17.6 Å². The third-order valence-corrected chi connectivity index (χ3v) is 4.08. The van der Waals surface area contributed by atoms with Crippen LogP contribution in [0.3, 0.4) is 0 Å². The standard InChI is InChI=1S/C18H25NO3/c1-7-22-14-8-9-16-15(10-14)12(2)11-18(4,5)19(16)13(3)17(20)21-6/h8-11,13H,7H2,1-6H3/t13-/m1/s1. The number of anilines is 1. The van der Waals surface area contributed by atoms with Crippen LogP contribution in [-0.2, 0) is 9.53 Å². The molecule has 0 bridgehead atoms. The van der Waals surface area contributed by atoms with Crippen molar-refractivity contribution in [3.8, 4) is 5.75 Å². The number of hydrogen-bond donors (Lipinski definition) is 0. The molecule has 1 heterocycles. The maximum absolute atomic E-state index is 12.1. The number of benzene rings is 1. The SMILES string of the molecule is CCOc1ccc2c(c1)C(C)=CC(C)(C)N2[C@H](C)C(=O)OC. The summed E-state index contributed by atoms with van der Waals surface area (Å²) in [7, 11) is 1.43. The number of hydrogen-bond acceptors (Lipinski definition) is 4. The Labute approximate surface area is 132 Å². The van der Waals surface area contributed by atoms with Gasteiger partial charge >= 0.3 is 5.97 Å². The lowest BCUT2D eigenvalue weighted by atomic mass is 9.87. The second-order valence-electron chi connectivity index (χ2n) is 6.16. The van der Waals surface area contributed by atoms with Gasteiger partial charge in [-0.2, -0.15) is 0 Å². The summed E-state index contributed by atoms with van der Waals surface area (Å²) >= 11 is 0. The second-order valence-corrected chi connectivity index (χ2v) is 6.16. The van der Waals surface area contributed by atoms with Crippen LogP contribution in [0.2, 0.25) is 0 Å². The van der Waals surface area contributed by atoms with E-state index in [0.717, 1.165) is 17.0 Å². The summed E-state index contributed by atoms with van der Waals surface area (Å²) in [4.78, 5) is 14.2. The minimum Gasteiger partial charge on any atom is -0.494 e. The topological polar surface area (TPSA) is 38.8 Å². The van der Waals surface area contributed by atoms with Gasteiger partial charge in [0.15, 0.2) is 0 Å². The highest BCUT2D eigenvalue weighted by Gasteiger charge is 2.37. The lowest BCUT2D eigenvalue weighted by molar-refractivity contribution is -0.142. The summed E-state index contributed by atoms with van der Waals surface area (Å²) in [6.07, 6.45) is 2.19. The fraction of sp³-hybridized carbons (Fsp3) is 0.500. The molecule has 0 spiro atoms. The van der Waals surface area contributed by atoms with E-state index in [1.165, 1.54) is 12.7 Å². The Morgan fingerprint density at radius 3 is 2.64 bits per heavy atom. The molecule has 4 heteroatoms. The Morgan fingerprint density at radius 2 is 2.05 bits per heavy atom. The first-order valence-electron chi connectivity index (χ1n) is 7.65. The molecule has 0 aliphatic carbocycles. The number of carbonyl (C=O) groups excluding carboxylic acids is 1. The first-order valence-corrected chi connectivity index (χ1v) is 7.65. The van der Waals surface area contributed by atoms with Gasteiger partial charge in [0.2, 0.25) is 0 Å². The number of fused-ring (bicyclic) bond motifs is 1. The number of methoxy groups -OCH3 is 1. The molecule has 4 nitrogen and oxygen atoms in total. The fourth-order valence-corrected chi connectivity index (χ4v) is 3.27. The molecule has 2 rings (SSSR count). The molecule has 1 atom stereocenters. The van der Waals surface area contributed by atoms with E-state index >= 15 is 0 Å². The summed E-state index contributed by atoms with van der Waals surface area (Å²) in [5, 5.41) is 0. The largest absolute Gasteiger partial charge is 0.494 e. The Kier molecular flexibility index (Phi) is 4.50. The van der Waals surface area contributed by atoms with Gasteiger partial charge in [-0.05, 0) is 58.4 Å². The maximum atomic E-state index is 12.1. The second kappa shape index (κ2) is 6.03. The zero-order valence-corrected chi connectivity index (χ0v) is 14.3. The third-order valence-electron chi connectivity index (χ3n) is 4.08. The van der Waals surface area contributed by atoms with E-state index < -0.39 is 0 Å². The van der Waals surface area contributed by atoms with Crippen LogP contribution in [0.1, 0.15) is 40.2 Å². The third kappa shape index (κ3) is 2.82. The molecule has 0 N–H and O–H groups in total. The van der Waals surface area contributed by atoms with E-state index in [0.29, 0.717) is 6.61 Å². The summed E-state index contributed by atoms with van der Waals surface area (Å²) < 4.78 is 10.5. The zero-order chi connectivity index (χ0) is 16.5. The fourth-order valence-electron chi connectivity index (χ4n) is 3.27. The minimum absolute atomic E-state index is 0.235. The van der Waals surface area contributed by atoms with Crippen molar-refractivity contribution < 1.29 is 14.3 Å². The predicted octanol–water partition coefficient (Wildman–Crippen LogP) is 3.65. The molecule has 1 aromatic rings. The summed E-state index contributed by atoms with van der Waals surface area (Å²) in [6, 6.07) is 5.66. The molecule has 0 saturated carbocycles. The van der Waals surface area contributed by atoms with Crippen molar-refractivity contribution >= 4 is 17.2 Å². The van der Waals surface area contributed by atoms with Crippen molar-refractivity contribution in [3.63, 3.8) is 0 Å². The van der Waals surface area contributed by atoms with E-state index in [4.69, 9.17) is 9.47 Å². The summed E-state index contributed by atoms with van der Waals surface area (Å²) in [5.41, 5.74) is 3.06.